The van der Waals surface area contributed by atoms with Crippen molar-refractivity contribution in [3.05, 3.63) is 0 Å². The van der Waals surface area contributed by atoms with E-state index in [4.69, 9.17) is 0 Å². The summed E-state index contributed by atoms with van der Waals surface area (Å²) in [6, 6.07) is 0.240. The Labute approximate surface area is 127 Å². The lowest BCUT2D eigenvalue weighted by Gasteiger charge is -2.30. The summed E-state index contributed by atoms with van der Waals surface area (Å²) in [7, 11) is 0. The van der Waals surface area contributed by atoms with Crippen LogP contribution in [0.1, 0.15) is 64.7 Å². The second-order valence-electron chi connectivity index (χ2n) is 6.56. The number of urea groups is 1. The quantitative estimate of drug-likeness (QED) is 0.784. The second-order valence-corrected chi connectivity index (χ2v) is 6.56. The summed E-state index contributed by atoms with van der Waals surface area (Å²) in [6.45, 7) is 3.17. The summed E-state index contributed by atoms with van der Waals surface area (Å²) in [5.41, 5.74) is -0.756. The fourth-order valence-electron chi connectivity index (χ4n) is 3.75. The van der Waals surface area contributed by atoms with Crippen LogP contribution in [0.15, 0.2) is 0 Å². The van der Waals surface area contributed by atoms with Crippen molar-refractivity contribution >= 4 is 12.0 Å². The molecule has 1 unspecified atom stereocenters. The van der Waals surface area contributed by atoms with Gasteiger partial charge in [-0.15, -0.1) is 0 Å². The molecule has 2 fully saturated rings. The predicted molar refractivity (Wildman–Crippen MR) is 81.2 cm³/mol. The Kier molecular flexibility index (Phi) is 5.48. The fourth-order valence-corrected chi connectivity index (χ4v) is 3.75. The summed E-state index contributed by atoms with van der Waals surface area (Å²) in [5.74, 6) is -0.752. The van der Waals surface area contributed by atoms with Crippen molar-refractivity contribution in [1.82, 2.24) is 10.2 Å². The summed E-state index contributed by atoms with van der Waals surface area (Å²) < 4.78 is 0. The normalized spacial score (nSPS) is 25.4. The lowest BCUT2D eigenvalue weighted by molar-refractivity contribution is -0.149. The summed E-state index contributed by atoms with van der Waals surface area (Å²) in [6.07, 6.45) is 8.55. The SMILES string of the molecule is CCC1CCCN1C(=O)NCC1(C(=O)O)CCCCCC1. The lowest BCUT2D eigenvalue weighted by atomic mass is 9.80. The minimum absolute atomic E-state index is 0.0794. The van der Waals surface area contributed by atoms with Gasteiger partial charge in [-0.05, 0) is 32.1 Å². The Balaban J connectivity index is 1.95. The standard InChI is InChI=1S/C16H28N2O3/c1-2-13-8-7-11-18(13)15(21)17-12-16(14(19)20)9-5-3-4-6-10-16/h13H,2-12H2,1H3,(H,17,21)(H,19,20). The first-order chi connectivity index (χ1) is 10.1. The molecule has 1 aliphatic carbocycles. The van der Waals surface area contributed by atoms with Crippen molar-refractivity contribution < 1.29 is 14.7 Å². The van der Waals surface area contributed by atoms with Gasteiger partial charge in [0.2, 0.25) is 0 Å². The number of nitrogens with one attached hydrogen (secondary N) is 1. The molecule has 5 nitrogen and oxygen atoms in total. The van der Waals surface area contributed by atoms with Gasteiger partial charge in [0.25, 0.3) is 0 Å². The molecular weight excluding hydrogens is 268 g/mol. The van der Waals surface area contributed by atoms with E-state index in [2.05, 4.69) is 12.2 Å². The van der Waals surface area contributed by atoms with Crippen LogP contribution in [-0.2, 0) is 4.79 Å². The van der Waals surface area contributed by atoms with Gasteiger partial charge in [0.05, 0.1) is 5.41 Å². The average molecular weight is 296 g/mol. The highest BCUT2D eigenvalue weighted by molar-refractivity contribution is 5.78. The molecule has 1 atom stereocenters. The van der Waals surface area contributed by atoms with Crippen LogP contribution in [0.25, 0.3) is 0 Å². The monoisotopic (exact) mass is 296 g/mol. The fraction of sp³-hybridized carbons (Fsp3) is 0.875. The molecule has 2 aliphatic rings. The van der Waals surface area contributed by atoms with Gasteiger partial charge in [-0.2, -0.15) is 0 Å². The molecule has 5 heteroatoms. The number of hydrogen-bond donors (Lipinski definition) is 2. The van der Waals surface area contributed by atoms with Crippen LogP contribution >= 0.6 is 0 Å². The Bertz CT molecular complexity index is 376. The molecule has 0 aromatic rings. The molecule has 0 bridgehead atoms. The van der Waals surface area contributed by atoms with Gasteiger partial charge in [0.1, 0.15) is 0 Å². The van der Waals surface area contributed by atoms with Crippen molar-refractivity contribution in [2.45, 2.75) is 70.8 Å². The van der Waals surface area contributed by atoms with Crippen molar-refractivity contribution in [2.24, 2.45) is 5.41 Å². The van der Waals surface area contributed by atoms with E-state index in [0.717, 1.165) is 51.5 Å². The van der Waals surface area contributed by atoms with E-state index in [-0.39, 0.29) is 12.6 Å². The minimum atomic E-state index is -0.756. The highest BCUT2D eigenvalue weighted by Crippen LogP contribution is 2.35. The molecule has 0 aromatic heterocycles. The third kappa shape index (κ3) is 3.69. The molecule has 21 heavy (non-hydrogen) atoms. The predicted octanol–water partition coefficient (Wildman–Crippen LogP) is 3.00. The van der Waals surface area contributed by atoms with Gasteiger partial charge in [0, 0.05) is 19.1 Å². The molecule has 0 radical (unpaired) electrons. The number of rotatable bonds is 4. The third-order valence-corrected chi connectivity index (χ3v) is 5.20. The van der Waals surface area contributed by atoms with Crippen molar-refractivity contribution in [1.29, 1.82) is 0 Å². The number of aliphatic carboxylic acids is 1. The minimum Gasteiger partial charge on any atom is -0.481 e. The number of likely N-dealkylation sites (tertiary alicyclic amines) is 1. The number of carbonyl (C=O) groups excluding carboxylic acids is 1. The maximum atomic E-state index is 12.3. The number of carboxylic acids is 1. The molecule has 1 aliphatic heterocycles. The average Bonchev–Trinajstić information content (AvgIpc) is 2.82. The number of nitrogens with zero attached hydrogens (tertiary/aromatic N) is 1. The van der Waals surface area contributed by atoms with E-state index in [1.807, 2.05) is 4.90 Å². The van der Waals surface area contributed by atoms with E-state index < -0.39 is 11.4 Å². The van der Waals surface area contributed by atoms with Crippen molar-refractivity contribution in [2.75, 3.05) is 13.1 Å². The first kappa shape index (κ1) is 16.1. The van der Waals surface area contributed by atoms with Crippen LogP contribution in [0.2, 0.25) is 0 Å². The summed E-state index contributed by atoms with van der Waals surface area (Å²) >= 11 is 0. The molecular formula is C16H28N2O3. The molecule has 2 N–H and O–H groups in total. The molecule has 120 valence electrons. The first-order valence-corrected chi connectivity index (χ1v) is 8.37. The largest absolute Gasteiger partial charge is 0.481 e. The zero-order chi connectivity index (χ0) is 15.3. The number of carbonyl (C=O) groups is 2. The molecule has 0 spiro atoms. The third-order valence-electron chi connectivity index (χ3n) is 5.20. The second kappa shape index (κ2) is 7.14. The molecule has 2 rings (SSSR count). The van der Waals surface area contributed by atoms with E-state index >= 15 is 0 Å². The molecule has 0 aromatic carbocycles. The van der Waals surface area contributed by atoms with Crippen LogP contribution in [-0.4, -0.2) is 41.1 Å². The molecule has 1 saturated carbocycles. The highest BCUT2D eigenvalue weighted by Gasteiger charge is 2.39. The maximum absolute atomic E-state index is 12.3. The Hall–Kier alpha value is -1.26. The number of hydrogen-bond acceptors (Lipinski definition) is 2. The molecule has 1 heterocycles. The van der Waals surface area contributed by atoms with Gasteiger partial charge in [-0.3, -0.25) is 4.79 Å². The summed E-state index contributed by atoms with van der Waals surface area (Å²) in [5, 5.41) is 12.5. The molecule has 2 amide bonds. The molecule has 1 saturated heterocycles. The lowest BCUT2D eigenvalue weighted by Crippen LogP contribution is -2.48. The zero-order valence-electron chi connectivity index (χ0n) is 13.1. The van der Waals surface area contributed by atoms with Gasteiger partial charge in [0.15, 0.2) is 0 Å². The van der Waals surface area contributed by atoms with Gasteiger partial charge in [-0.1, -0.05) is 32.6 Å². The Morgan fingerprint density at radius 2 is 1.86 bits per heavy atom. The van der Waals surface area contributed by atoms with Gasteiger partial charge >= 0.3 is 12.0 Å². The van der Waals surface area contributed by atoms with Gasteiger partial charge in [-0.25, -0.2) is 4.79 Å². The van der Waals surface area contributed by atoms with Crippen LogP contribution in [0.5, 0.6) is 0 Å². The summed E-state index contributed by atoms with van der Waals surface area (Å²) in [4.78, 5) is 25.9. The number of carboxylic acid groups (broad SMARTS) is 1. The van der Waals surface area contributed by atoms with Crippen molar-refractivity contribution in [3.8, 4) is 0 Å². The van der Waals surface area contributed by atoms with E-state index in [9.17, 15) is 14.7 Å². The highest BCUT2D eigenvalue weighted by atomic mass is 16.4. The van der Waals surface area contributed by atoms with Crippen LogP contribution in [0.4, 0.5) is 4.79 Å². The first-order valence-electron chi connectivity index (χ1n) is 8.37. The van der Waals surface area contributed by atoms with Gasteiger partial charge < -0.3 is 15.3 Å². The van der Waals surface area contributed by atoms with Crippen LogP contribution in [0, 0.1) is 5.41 Å². The van der Waals surface area contributed by atoms with E-state index in [1.165, 1.54) is 0 Å². The van der Waals surface area contributed by atoms with E-state index in [1.54, 1.807) is 0 Å². The number of amides is 2. The zero-order valence-corrected chi connectivity index (χ0v) is 13.1. The smallest absolute Gasteiger partial charge is 0.317 e. The topological polar surface area (TPSA) is 69.6 Å². The van der Waals surface area contributed by atoms with Crippen molar-refractivity contribution in [3.63, 3.8) is 0 Å². The maximum Gasteiger partial charge on any atom is 0.317 e. The van der Waals surface area contributed by atoms with Crippen LogP contribution < -0.4 is 5.32 Å². The van der Waals surface area contributed by atoms with Crippen LogP contribution in [0.3, 0.4) is 0 Å². The Morgan fingerprint density at radius 3 is 2.43 bits per heavy atom. The van der Waals surface area contributed by atoms with E-state index in [0.29, 0.717) is 18.9 Å². The Morgan fingerprint density at radius 1 is 1.19 bits per heavy atom.